The number of ether oxygens (including phenoxy) is 2. The fourth-order valence-corrected chi connectivity index (χ4v) is 3.69. The Kier molecular flexibility index (Phi) is 8.08. The van der Waals surface area contributed by atoms with E-state index in [1.165, 1.54) is 18.2 Å². The van der Waals surface area contributed by atoms with Gasteiger partial charge in [0, 0.05) is 11.6 Å². The maximum atomic E-state index is 14.4. The molecule has 0 unspecified atom stereocenters. The van der Waals surface area contributed by atoms with Gasteiger partial charge in [-0.2, -0.15) is 5.26 Å². The zero-order chi connectivity index (χ0) is 24.5. The van der Waals surface area contributed by atoms with Crippen LogP contribution in [0.15, 0.2) is 91.0 Å². The number of hydrogen-bond acceptors (Lipinski definition) is 3. The third-order valence-electron chi connectivity index (χ3n) is 5.62. The topological polar surface area (TPSA) is 42.2 Å². The smallest absolute Gasteiger partial charge is 0.134 e. The van der Waals surface area contributed by atoms with Gasteiger partial charge in [0.15, 0.2) is 0 Å². The first-order chi connectivity index (χ1) is 17.1. The lowest BCUT2D eigenvalue weighted by Gasteiger charge is -2.10. The fourth-order valence-electron chi connectivity index (χ4n) is 3.69. The second kappa shape index (κ2) is 11.8. The van der Waals surface area contributed by atoms with Crippen LogP contribution in [0.5, 0.6) is 11.5 Å². The highest BCUT2D eigenvalue weighted by Gasteiger charge is 2.07. The normalized spacial score (nSPS) is 10.5. The first-order valence-electron chi connectivity index (χ1n) is 11.5. The van der Waals surface area contributed by atoms with Crippen molar-refractivity contribution in [3.05, 3.63) is 108 Å². The van der Waals surface area contributed by atoms with E-state index in [0.717, 1.165) is 36.1 Å². The summed E-state index contributed by atoms with van der Waals surface area (Å²) < 4.78 is 39.0. The van der Waals surface area contributed by atoms with E-state index in [1.54, 1.807) is 24.3 Å². The van der Waals surface area contributed by atoms with Crippen molar-refractivity contribution in [1.29, 1.82) is 5.26 Å². The lowest BCUT2D eigenvalue weighted by Crippen LogP contribution is -2.01. The van der Waals surface area contributed by atoms with Crippen LogP contribution in [-0.4, -0.2) is 13.2 Å². The molecule has 0 atom stereocenters. The molecular formula is C30H25F2NO2. The van der Waals surface area contributed by atoms with Gasteiger partial charge >= 0.3 is 0 Å². The lowest BCUT2D eigenvalue weighted by molar-refractivity contribution is 0.279. The van der Waals surface area contributed by atoms with Crippen molar-refractivity contribution in [3.8, 4) is 39.8 Å². The molecule has 0 aliphatic heterocycles. The summed E-state index contributed by atoms with van der Waals surface area (Å²) in [5, 5.41) is 8.90. The summed E-state index contributed by atoms with van der Waals surface area (Å²) >= 11 is 0. The van der Waals surface area contributed by atoms with E-state index < -0.39 is 5.82 Å². The molecule has 0 saturated heterocycles. The minimum absolute atomic E-state index is 0.350. The van der Waals surface area contributed by atoms with Crippen molar-refractivity contribution in [2.75, 3.05) is 13.2 Å². The molecule has 0 spiro atoms. The van der Waals surface area contributed by atoms with Gasteiger partial charge < -0.3 is 9.47 Å². The predicted molar refractivity (Wildman–Crippen MR) is 133 cm³/mol. The maximum absolute atomic E-state index is 14.4. The molecule has 4 rings (SSSR count). The molecule has 0 amide bonds. The first-order valence-corrected chi connectivity index (χ1v) is 11.5. The average molecular weight is 470 g/mol. The number of nitriles is 1. The van der Waals surface area contributed by atoms with Crippen LogP contribution >= 0.6 is 0 Å². The van der Waals surface area contributed by atoms with Gasteiger partial charge in [-0.3, -0.25) is 0 Å². The van der Waals surface area contributed by atoms with E-state index in [4.69, 9.17) is 14.7 Å². The Bertz CT molecular complexity index is 1280. The van der Waals surface area contributed by atoms with Crippen LogP contribution in [0, 0.1) is 23.0 Å². The van der Waals surface area contributed by atoms with E-state index in [-0.39, 0.29) is 5.82 Å². The number of hydrogen-bond donors (Lipinski definition) is 0. The van der Waals surface area contributed by atoms with Gasteiger partial charge in [0.05, 0.1) is 24.8 Å². The third-order valence-corrected chi connectivity index (χ3v) is 5.62. The second-order valence-corrected chi connectivity index (χ2v) is 8.12. The van der Waals surface area contributed by atoms with Crippen LogP contribution in [0.2, 0.25) is 0 Å². The summed E-state index contributed by atoms with van der Waals surface area (Å²) in [6.45, 7) is 1.10. The summed E-state index contributed by atoms with van der Waals surface area (Å²) in [7, 11) is 0. The van der Waals surface area contributed by atoms with Gasteiger partial charge in [-0.15, -0.1) is 0 Å². The van der Waals surface area contributed by atoms with E-state index in [0.29, 0.717) is 35.7 Å². The van der Waals surface area contributed by atoms with Crippen molar-refractivity contribution in [2.24, 2.45) is 0 Å². The molecular weight excluding hydrogens is 444 g/mol. The predicted octanol–water partition coefficient (Wildman–Crippen LogP) is 7.80. The monoisotopic (exact) mass is 469 g/mol. The number of nitrogens with zero attached hydrogens (tertiary/aromatic N) is 1. The van der Waals surface area contributed by atoms with Gasteiger partial charge in [0.1, 0.15) is 23.1 Å². The van der Waals surface area contributed by atoms with Crippen LogP contribution in [-0.2, 0) is 0 Å². The Morgan fingerprint density at radius 2 is 1.14 bits per heavy atom. The highest BCUT2D eigenvalue weighted by molar-refractivity contribution is 5.65. The van der Waals surface area contributed by atoms with Crippen LogP contribution in [0.1, 0.15) is 24.8 Å². The molecule has 0 aliphatic rings. The van der Waals surface area contributed by atoms with Crippen molar-refractivity contribution < 1.29 is 18.3 Å². The molecule has 0 bridgehead atoms. The van der Waals surface area contributed by atoms with Crippen molar-refractivity contribution in [3.63, 3.8) is 0 Å². The average Bonchev–Trinajstić information content (AvgIpc) is 2.89. The molecule has 35 heavy (non-hydrogen) atoms. The summed E-state index contributed by atoms with van der Waals surface area (Å²) in [4.78, 5) is 0. The molecule has 0 N–H and O–H groups in total. The summed E-state index contributed by atoms with van der Waals surface area (Å²) in [6, 6.07) is 28.0. The molecule has 5 heteroatoms. The van der Waals surface area contributed by atoms with Crippen LogP contribution in [0.25, 0.3) is 22.3 Å². The summed E-state index contributed by atoms with van der Waals surface area (Å²) in [6.07, 6.45) is 2.65. The van der Waals surface area contributed by atoms with Crippen molar-refractivity contribution >= 4 is 0 Å². The molecule has 0 radical (unpaired) electrons. The molecule has 4 aromatic carbocycles. The quantitative estimate of drug-likeness (QED) is 0.223. The van der Waals surface area contributed by atoms with Gasteiger partial charge in [0.2, 0.25) is 0 Å². The summed E-state index contributed by atoms with van der Waals surface area (Å²) in [5.41, 5.74) is 3.81. The molecule has 0 heterocycles. The zero-order valence-electron chi connectivity index (χ0n) is 19.2. The number of rotatable bonds is 10. The first kappa shape index (κ1) is 24.0. The van der Waals surface area contributed by atoms with Gasteiger partial charge in [-0.1, -0.05) is 36.4 Å². The Balaban J connectivity index is 1.15. The maximum Gasteiger partial charge on any atom is 0.134 e. The van der Waals surface area contributed by atoms with Crippen molar-refractivity contribution in [2.45, 2.75) is 19.3 Å². The van der Waals surface area contributed by atoms with Crippen LogP contribution < -0.4 is 9.47 Å². The number of benzene rings is 4. The fraction of sp³-hybridized carbons (Fsp3) is 0.167. The molecule has 0 aromatic heterocycles. The Hall–Kier alpha value is -4.17. The number of unbranched alkanes of at least 4 members (excludes halogenated alkanes) is 2. The Labute approximate surface area is 204 Å². The molecule has 0 aliphatic carbocycles. The Morgan fingerprint density at radius 3 is 1.74 bits per heavy atom. The van der Waals surface area contributed by atoms with Gasteiger partial charge in [-0.05, 0) is 84.5 Å². The highest BCUT2D eigenvalue weighted by atomic mass is 19.1. The summed E-state index contributed by atoms with van der Waals surface area (Å²) in [5.74, 6) is 0.548. The highest BCUT2D eigenvalue weighted by Crippen LogP contribution is 2.27. The van der Waals surface area contributed by atoms with Gasteiger partial charge in [0.25, 0.3) is 0 Å². The Morgan fingerprint density at radius 1 is 0.600 bits per heavy atom. The molecule has 3 nitrogen and oxygen atoms in total. The van der Waals surface area contributed by atoms with E-state index >= 15 is 0 Å². The molecule has 0 fully saturated rings. The number of halogens is 2. The van der Waals surface area contributed by atoms with Crippen molar-refractivity contribution in [1.82, 2.24) is 0 Å². The van der Waals surface area contributed by atoms with Crippen LogP contribution in [0.3, 0.4) is 0 Å². The largest absolute Gasteiger partial charge is 0.494 e. The molecule has 176 valence electrons. The third kappa shape index (κ3) is 6.68. The molecule has 0 saturated carbocycles. The second-order valence-electron chi connectivity index (χ2n) is 8.12. The van der Waals surface area contributed by atoms with Crippen LogP contribution in [0.4, 0.5) is 8.78 Å². The van der Waals surface area contributed by atoms with E-state index in [2.05, 4.69) is 6.07 Å². The SMILES string of the molecule is N#Cc1ccc(-c2ccc(OCCCCCOc3ccc(-c4ccc(F)cc4)c(F)c3)cc2)cc1. The zero-order valence-corrected chi connectivity index (χ0v) is 19.2. The van der Waals surface area contributed by atoms with Gasteiger partial charge in [-0.25, -0.2) is 8.78 Å². The standard InChI is InChI=1S/C30H25F2NO2/c31-26-12-8-25(9-13-26)29-17-16-28(20-30(29)32)35-19-3-1-2-18-34-27-14-10-24(11-15-27)23-6-4-22(21-33)5-7-23/h4-17,20H,1-3,18-19H2. The minimum Gasteiger partial charge on any atom is -0.494 e. The lowest BCUT2D eigenvalue weighted by atomic mass is 10.0. The minimum atomic E-state index is -0.396. The van der Waals surface area contributed by atoms with E-state index in [1.807, 2.05) is 48.5 Å². The van der Waals surface area contributed by atoms with E-state index in [9.17, 15) is 8.78 Å². The molecule has 4 aromatic rings.